The van der Waals surface area contributed by atoms with Crippen molar-refractivity contribution in [1.29, 1.82) is 0 Å². The summed E-state index contributed by atoms with van der Waals surface area (Å²) in [6, 6.07) is 27.6. The Bertz CT molecular complexity index is 1470. The van der Waals surface area contributed by atoms with E-state index in [0.29, 0.717) is 6.61 Å². The molecular formula is C29H23IN2O3. The van der Waals surface area contributed by atoms with E-state index in [2.05, 4.69) is 52.2 Å². The van der Waals surface area contributed by atoms with Crippen LogP contribution in [0.25, 0.3) is 16.8 Å². The maximum absolute atomic E-state index is 12.9. The van der Waals surface area contributed by atoms with Crippen LogP contribution in [-0.4, -0.2) is 16.8 Å². The second-order valence-corrected chi connectivity index (χ2v) is 9.65. The van der Waals surface area contributed by atoms with Crippen LogP contribution in [0.1, 0.15) is 22.3 Å². The lowest BCUT2D eigenvalue weighted by Gasteiger charge is -2.12. The number of hydrogen-bond acceptors (Lipinski definition) is 3. The molecule has 0 aliphatic carbocycles. The van der Waals surface area contributed by atoms with E-state index in [1.165, 1.54) is 15.7 Å². The van der Waals surface area contributed by atoms with Crippen LogP contribution < -0.4 is 10.1 Å². The molecule has 0 radical (unpaired) electrons. The molecular weight excluding hydrogens is 551 g/mol. The van der Waals surface area contributed by atoms with Crippen molar-refractivity contribution in [3.8, 4) is 5.75 Å². The molecule has 1 fully saturated rings. The summed E-state index contributed by atoms with van der Waals surface area (Å²) < 4.78 is 7.04. The second kappa shape index (κ2) is 9.92. The fraction of sp³-hybridized carbons (Fsp3) is 0.103. The van der Waals surface area contributed by atoms with E-state index in [0.717, 1.165) is 31.6 Å². The highest BCUT2D eigenvalue weighted by Gasteiger charge is 2.33. The van der Waals surface area contributed by atoms with Crippen molar-refractivity contribution in [3.63, 3.8) is 0 Å². The first-order valence-electron chi connectivity index (χ1n) is 11.3. The van der Waals surface area contributed by atoms with Gasteiger partial charge in [-0.05, 0) is 75.2 Å². The first-order valence-corrected chi connectivity index (χ1v) is 12.3. The van der Waals surface area contributed by atoms with E-state index in [4.69, 9.17) is 4.74 Å². The largest absolute Gasteiger partial charge is 0.488 e. The zero-order valence-corrected chi connectivity index (χ0v) is 21.3. The highest BCUT2D eigenvalue weighted by molar-refractivity contribution is 14.1. The molecule has 1 aliphatic heterocycles. The number of fused-ring (bicyclic) bond motifs is 1. The van der Waals surface area contributed by atoms with Crippen molar-refractivity contribution < 1.29 is 14.3 Å². The van der Waals surface area contributed by atoms with Gasteiger partial charge in [-0.3, -0.25) is 9.69 Å². The Labute approximate surface area is 217 Å². The van der Waals surface area contributed by atoms with Gasteiger partial charge in [0, 0.05) is 0 Å². The number of aryl methyl sites for hydroxylation is 1. The van der Waals surface area contributed by atoms with E-state index in [9.17, 15) is 9.59 Å². The van der Waals surface area contributed by atoms with Gasteiger partial charge in [-0.25, -0.2) is 4.79 Å². The van der Waals surface area contributed by atoms with Gasteiger partial charge in [0.1, 0.15) is 18.1 Å². The number of carbonyl (C=O) groups is 2. The molecule has 0 atom stereocenters. The predicted molar refractivity (Wildman–Crippen MR) is 146 cm³/mol. The number of amides is 3. The molecule has 1 N–H and O–H groups in total. The first kappa shape index (κ1) is 23.1. The SMILES string of the molecule is Cc1cccc(CN2C(=O)N/C(=C/c3ccc(OCc4cccc5ccccc45)c(I)c3)C2=O)c1. The number of ether oxygens (including phenoxy) is 1. The standard InChI is InChI=1S/C29H23IN2O3/c1-19-6-4-7-21(14-19)17-32-28(33)26(31-29(32)34)16-20-12-13-27(25(30)15-20)35-18-23-10-5-9-22-8-2-3-11-24(22)23/h2-16H,17-18H2,1H3,(H,31,34)/b26-16+. The molecule has 5 nitrogen and oxygen atoms in total. The summed E-state index contributed by atoms with van der Waals surface area (Å²) >= 11 is 2.23. The molecule has 1 heterocycles. The van der Waals surface area contributed by atoms with Crippen molar-refractivity contribution in [3.05, 3.63) is 116 Å². The topological polar surface area (TPSA) is 58.6 Å². The highest BCUT2D eigenvalue weighted by Crippen LogP contribution is 2.27. The Balaban J connectivity index is 1.29. The van der Waals surface area contributed by atoms with Crippen molar-refractivity contribution in [2.75, 3.05) is 0 Å². The van der Waals surface area contributed by atoms with Gasteiger partial charge in [0.2, 0.25) is 0 Å². The average Bonchev–Trinajstić information content (AvgIpc) is 3.11. The Kier molecular flexibility index (Phi) is 6.55. The summed E-state index contributed by atoms with van der Waals surface area (Å²) in [6.07, 6.45) is 1.70. The van der Waals surface area contributed by atoms with Crippen molar-refractivity contribution in [2.24, 2.45) is 0 Å². The lowest BCUT2D eigenvalue weighted by Crippen LogP contribution is -2.30. The van der Waals surface area contributed by atoms with Gasteiger partial charge in [-0.1, -0.05) is 78.4 Å². The number of carbonyl (C=O) groups excluding carboxylic acids is 2. The van der Waals surface area contributed by atoms with Crippen LogP contribution in [-0.2, 0) is 17.9 Å². The maximum Gasteiger partial charge on any atom is 0.329 e. The van der Waals surface area contributed by atoms with Gasteiger partial charge in [-0.2, -0.15) is 0 Å². The average molecular weight is 574 g/mol. The number of urea groups is 1. The van der Waals surface area contributed by atoms with Gasteiger partial charge in [-0.15, -0.1) is 0 Å². The molecule has 1 saturated heterocycles. The number of nitrogens with zero attached hydrogens (tertiary/aromatic N) is 1. The second-order valence-electron chi connectivity index (χ2n) is 8.49. The van der Waals surface area contributed by atoms with E-state index in [1.807, 2.05) is 67.6 Å². The molecule has 0 aromatic heterocycles. The van der Waals surface area contributed by atoms with E-state index in [1.54, 1.807) is 6.08 Å². The van der Waals surface area contributed by atoms with Crippen molar-refractivity contribution in [1.82, 2.24) is 10.2 Å². The van der Waals surface area contributed by atoms with Crippen LogP contribution in [0.4, 0.5) is 4.79 Å². The third kappa shape index (κ3) is 5.07. The number of halogens is 1. The number of rotatable bonds is 6. The van der Waals surface area contributed by atoms with Gasteiger partial charge in [0.25, 0.3) is 5.91 Å². The third-order valence-corrected chi connectivity index (χ3v) is 6.76. The molecule has 174 valence electrons. The summed E-state index contributed by atoms with van der Waals surface area (Å²) in [5.74, 6) is 0.436. The van der Waals surface area contributed by atoms with Crippen LogP contribution >= 0.6 is 22.6 Å². The van der Waals surface area contributed by atoms with E-state index >= 15 is 0 Å². The smallest absolute Gasteiger partial charge is 0.329 e. The Morgan fingerprint density at radius 3 is 2.57 bits per heavy atom. The van der Waals surface area contributed by atoms with Crippen LogP contribution in [0.15, 0.2) is 90.6 Å². The maximum atomic E-state index is 12.9. The lowest BCUT2D eigenvalue weighted by molar-refractivity contribution is -0.123. The summed E-state index contributed by atoms with van der Waals surface area (Å²) in [5.41, 5.74) is 4.20. The Hall–Kier alpha value is -3.65. The minimum Gasteiger partial charge on any atom is -0.488 e. The van der Waals surface area contributed by atoms with Crippen molar-refractivity contribution >= 4 is 51.4 Å². The lowest BCUT2D eigenvalue weighted by atomic mass is 10.1. The molecule has 3 amide bonds. The molecule has 0 saturated carbocycles. The molecule has 1 aliphatic rings. The first-order chi connectivity index (χ1) is 17.0. The molecule has 4 aromatic carbocycles. The minimum atomic E-state index is -0.410. The van der Waals surface area contributed by atoms with Crippen molar-refractivity contribution in [2.45, 2.75) is 20.1 Å². The molecule has 5 rings (SSSR count). The third-order valence-electron chi connectivity index (χ3n) is 5.92. The molecule has 0 unspecified atom stereocenters. The van der Waals surface area contributed by atoms with Gasteiger partial charge < -0.3 is 10.1 Å². The zero-order chi connectivity index (χ0) is 24.4. The van der Waals surface area contributed by atoms with Crippen LogP contribution in [0, 0.1) is 10.5 Å². The summed E-state index contributed by atoms with van der Waals surface area (Å²) in [6.45, 7) is 2.68. The fourth-order valence-electron chi connectivity index (χ4n) is 4.17. The molecule has 35 heavy (non-hydrogen) atoms. The minimum absolute atomic E-state index is 0.238. The number of hydrogen-bond donors (Lipinski definition) is 1. The number of imide groups is 1. The Morgan fingerprint density at radius 1 is 0.943 bits per heavy atom. The van der Waals surface area contributed by atoms with Gasteiger partial charge >= 0.3 is 6.03 Å². The summed E-state index contributed by atoms with van der Waals surface area (Å²) in [5, 5.41) is 5.06. The molecule has 4 aromatic rings. The van der Waals surface area contributed by atoms with Gasteiger partial charge in [0.15, 0.2) is 0 Å². The molecule has 0 spiro atoms. The fourth-order valence-corrected chi connectivity index (χ4v) is 4.87. The summed E-state index contributed by atoms with van der Waals surface area (Å²) in [7, 11) is 0. The van der Waals surface area contributed by atoms with Crippen LogP contribution in [0.2, 0.25) is 0 Å². The monoisotopic (exact) mass is 574 g/mol. The quantitative estimate of drug-likeness (QED) is 0.164. The van der Waals surface area contributed by atoms with E-state index in [-0.39, 0.29) is 18.1 Å². The highest BCUT2D eigenvalue weighted by atomic mass is 127. The van der Waals surface area contributed by atoms with Crippen LogP contribution in [0.5, 0.6) is 5.75 Å². The summed E-state index contributed by atoms with van der Waals surface area (Å²) in [4.78, 5) is 26.5. The van der Waals surface area contributed by atoms with Gasteiger partial charge in [0.05, 0.1) is 10.1 Å². The molecule has 0 bridgehead atoms. The van der Waals surface area contributed by atoms with Crippen LogP contribution in [0.3, 0.4) is 0 Å². The number of benzene rings is 4. The Morgan fingerprint density at radius 2 is 1.74 bits per heavy atom. The number of nitrogens with one attached hydrogen (secondary N) is 1. The predicted octanol–water partition coefficient (Wildman–Crippen LogP) is 6.42. The molecule has 6 heteroatoms. The van der Waals surface area contributed by atoms with E-state index < -0.39 is 6.03 Å². The zero-order valence-electron chi connectivity index (χ0n) is 19.1. The normalized spacial score (nSPS) is 14.6.